The summed E-state index contributed by atoms with van der Waals surface area (Å²) in [5.41, 5.74) is -0.0109. The molecule has 0 aromatic carbocycles. The number of hydrogen-bond acceptors (Lipinski definition) is 4. The van der Waals surface area contributed by atoms with Crippen molar-refractivity contribution in [2.45, 2.75) is 50.8 Å². The molecule has 0 spiro atoms. The second-order valence-electron chi connectivity index (χ2n) is 4.84. The summed E-state index contributed by atoms with van der Waals surface area (Å²) in [5, 5.41) is 12.6. The number of methoxy groups -OCH3 is 1. The van der Waals surface area contributed by atoms with E-state index in [0.717, 1.165) is 25.9 Å². The van der Waals surface area contributed by atoms with E-state index in [0.29, 0.717) is 12.6 Å². The second kappa shape index (κ2) is 6.55. The lowest BCUT2D eigenvalue weighted by atomic mass is 9.89. The molecule has 4 nitrogen and oxygen atoms in total. The first-order valence-corrected chi connectivity index (χ1v) is 6.13. The van der Waals surface area contributed by atoms with Crippen LogP contribution in [0.15, 0.2) is 0 Å². The molecule has 1 aliphatic heterocycles. The smallest absolute Gasteiger partial charge is 0.0666 e. The van der Waals surface area contributed by atoms with E-state index < -0.39 is 0 Å². The zero-order chi connectivity index (χ0) is 12.0. The lowest BCUT2D eigenvalue weighted by molar-refractivity contribution is -0.0806. The van der Waals surface area contributed by atoms with Crippen LogP contribution in [0, 0.1) is 0 Å². The predicted octanol–water partition coefficient (Wildman–Crippen LogP) is 0.931. The maximum Gasteiger partial charge on any atom is 0.0666 e. The number of nitrogens with one attached hydrogen (secondary N) is 1. The van der Waals surface area contributed by atoms with E-state index in [2.05, 4.69) is 19.2 Å². The number of rotatable bonds is 6. The molecule has 96 valence electrons. The van der Waals surface area contributed by atoms with Gasteiger partial charge in [0.05, 0.1) is 24.9 Å². The van der Waals surface area contributed by atoms with Gasteiger partial charge in [0.15, 0.2) is 0 Å². The van der Waals surface area contributed by atoms with Crippen molar-refractivity contribution in [2.24, 2.45) is 0 Å². The van der Waals surface area contributed by atoms with Gasteiger partial charge in [-0.05, 0) is 26.2 Å². The topological polar surface area (TPSA) is 50.7 Å². The van der Waals surface area contributed by atoms with Gasteiger partial charge in [-0.1, -0.05) is 6.92 Å². The molecule has 0 aromatic rings. The molecule has 1 aliphatic rings. The molecule has 0 aliphatic carbocycles. The first-order valence-electron chi connectivity index (χ1n) is 6.13. The molecule has 3 atom stereocenters. The maximum atomic E-state index is 9.20. The van der Waals surface area contributed by atoms with Crippen molar-refractivity contribution in [3.05, 3.63) is 0 Å². The quantitative estimate of drug-likeness (QED) is 0.714. The third kappa shape index (κ3) is 4.01. The third-order valence-electron chi connectivity index (χ3n) is 3.40. The number of ether oxygens (including phenoxy) is 2. The second-order valence-corrected chi connectivity index (χ2v) is 4.84. The Hall–Kier alpha value is -0.160. The van der Waals surface area contributed by atoms with E-state index in [1.807, 2.05) is 0 Å². The van der Waals surface area contributed by atoms with Crippen LogP contribution in [0.3, 0.4) is 0 Å². The fraction of sp³-hybridized carbons (Fsp3) is 1.00. The van der Waals surface area contributed by atoms with Crippen LogP contribution in [-0.4, -0.2) is 49.7 Å². The summed E-state index contributed by atoms with van der Waals surface area (Å²) in [6.07, 6.45) is 3.04. The molecular weight excluding hydrogens is 206 g/mol. The predicted molar refractivity (Wildman–Crippen MR) is 63.6 cm³/mol. The van der Waals surface area contributed by atoms with Crippen LogP contribution in [0.25, 0.3) is 0 Å². The van der Waals surface area contributed by atoms with Crippen molar-refractivity contribution in [1.29, 1.82) is 0 Å². The molecule has 0 radical (unpaired) electrons. The van der Waals surface area contributed by atoms with Crippen LogP contribution < -0.4 is 5.32 Å². The summed E-state index contributed by atoms with van der Waals surface area (Å²) in [6.45, 7) is 5.78. The maximum absolute atomic E-state index is 9.20. The molecular formula is C12H25NO3. The fourth-order valence-electron chi connectivity index (χ4n) is 2.21. The summed E-state index contributed by atoms with van der Waals surface area (Å²) in [7, 11) is 1.66. The molecule has 1 rings (SSSR count). The Kier molecular flexibility index (Phi) is 5.69. The number of aliphatic hydroxyl groups excluding tert-OH is 1. The van der Waals surface area contributed by atoms with Crippen LogP contribution in [-0.2, 0) is 9.47 Å². The Morgan fingerprint density at radius 1 is 1.62 bits per heavy atom. The van der Waals surface area contributed by atoms with Gasteiger partial charge in [-0.2, -0.15) is 0 Å². The molecule has 1 fully saturated rings. The molecule has 3 unspecified atom stereocenters. The highest BCUT2D eigenvalue weighted by atomic mass is 16.5. The highest BCUT2D eigenvalue weighted by Crippen LogP contribution is 2.27. The molecule has 0 amide bonds. The van der Waals surface area contributed by atoms with E-state index in [1.54, 1.807) is 7.11 Å². The Morgan fingerprint density at radius 3 is 2.94 bits per heavy atom. The average molecular weight is 231 g/mol. The summed E-state index contributed by atoms with van der Waals surface area (Å²) < 4.78 is 10.8. The highest BCUT2D eigenvalue weighted by molar-refractivity contribution is 4.87. The monoisotopic (exact) mass is 231 g/mol. The Balaban J connectivity index is 2.41. The fourth-order valence-corrected chi connectivity index (χ4v) is 2.21. The SMILES string of the molecule is CCC1(C)CC(NC(CO)COC)CCO1. The lowest BCUT2D eigenvalue weighted by Crippen LogP contribution is -2.50. The van der Waals surface area contributed by atoms with Crippen molar-refractivity contribution in [3.8, 4) is 0 Å². The van der Waals surface area contributed by atoms with Crippen molar-refractivity contribution < 1.29 is 14.6 Å². The standard InChI is InChI=1S/C12H25NO3/c1-4-12(2)7-10(5-6-16-12)13-11(8-14)9-15-3/h10-11,13-14H,4-9H2,1-3H3. The van der Waals surface area contributed by atoms with E-state index >= 15 is 0 Å². The van der Waals surface area contributed by atoms with Crippen molar-refractivity contribution in [2.75, 3.05) is 26.9 Å². The molecule has 0 aromatic heterocycles. The molecule has 1 saturated heterocycles. The van der Waals surface area contributed by atoms with Gasteiger partial charge in [-0.25, -0.2) is 0 Å². The zero-order valence-electron chi connectivity index (χ0n) is 10.7. The van der Waals surface area contributed by atoms with Gasteiger partial charge in [0.2, 0.25) is 0 Å². The van der Waals surface area contributed by atoms with Gasteiger partial charge >= 0.3 is 0 Å². The Morgan fingerprint density at radius 2 is 2.38 bits per heavy atom. The summed E-state index contributed by atoms with van der Waals surface area (Å²) in [6, 6.07) is 0.459. The van der Waals surface area contributed by atoms with Crippen molar-refractivity contribution in [1.82, 2.24) is 5.32 Å². The van der Waals surface area contributed by atoms with Gasteiger partial charge in [0.1, 0.15) is 0 Å². The van der Waals surface area contributed by atoms with Crippen LogP contribution in [0.2, 0.25) is 0 Å². The minimum Gasteiger partial charge on any atom is -0.395 e. The van der Waals surface area contributed by atoms with Crippen LogP contribution in [0.4, 0.5) is 0 Å². The summed E-state index contributed by atoms with van der Waals surface area (Å²) >= 11 is 0. The number of aliphatic hydroxyl groups is 1. The first-order chi connectivity index (χ1) is 7.63. The highest BCUT2D eigenvalue weighted by Gasteiger charge is 2.32. The van der Waals surface area contributed by atoms with Crippen LogP contribution in [0.1, 0.15) is 33.1 Å². The van der Waals surface area contributed by atoms with Crippen molar-refractivity contribution >= 4 is 0 Å². The average Bonchev–Trinajstić information content (AvgIpc) is 2.29. The first kappa shape index (κ1) is 13.9. The zero-order valence-corrected chi connectivity index (χ0v) is 10.7. The van der Waals surface area contributed by atoms with Gasteiger partial charge in [-0.15, -0.1) is 0 Å². The van der Waals surface area contributed by atoms with Gasteiger partial charge in [0.25, 0.3) is 0 Å². The van der Waals surface area contributed by atoms with E-state index in [-0.39, 0.29) is 18.2 Å². The molecule has 1 heterocycles. The summed E-state index contributed by atoms with van der Waals surface area (Å²) in [5.74, 6) is 0. The van der Waals surface area contributed by atoms with Crippen LogP contribution >= 0.6 is 0 Å². The largest absolute Gasteiger partial charge is 0.395 e. The van der Waals surface area contributed by atoms with E-state index in [4.69, 9.17) is 9.47 Å². The minimum absolute atomic E-state index is 0.0109. The third-order valence-corrected chi connectivity index (χ3v) is 3.40. The van der Waals surface area contributed by atoms with E-state index in [1.165, 1.54) is 0 Å². The molecule has 16 heavy (non-hydrogen) atoms. The van der Waals surface area contributed by atoms with Gasteiger partial charge < -0.3 is 19.9 Å². The Bertz CT molecular complexity index is 201. The molecule has 0 bridgehead atoms. The van der Waals surface area contributed by atoms with Crippen LogP contribution in [0.5, 0.6) is 0 Å². The molecule has 0 saturated carbocycles. The lowest BCUT2D eigenvalue weighted by Gasteiger charge is -2.39. The molecule has 4 heteroatoms. The van der Waals surface area contributed by atoms with Crippen molar-refractivity contribution in [3.63, 3.8) is 0 Å². The Labute approximate surface area is 98.3 Å². The summed E-state index contributed by atoms with van der Waals surface area (Å²) in [4.78, 5) is 0. The van der Waals surface area contributed by atoms with Gasteiger partial charge in [0, 0.05) is 19.8 Å². The van der Waals surface area contributed by atoms with Gasteiger partial charge in [-0.3, -0.25) is 0 Å². The molecule has 2 N–H and O–H groups in total. The minimum atomic E-state index is -0.0109. The normalized spacial score (nSPS) is 32.6. The number of hydrogen-bond donors (Lipinski definition) is 2. The van der Waals surface area contributed by atoms with E-state index in [9.17, 15) is 5.11 Å².